The minimum Gasteiger partial charge on any atom is -0.493 e. The van der Waals surface area contributed by atoms with E-state index in [1.807, 2.05) is 26.2 Å². The average Bonchev–Trinajstić information content (AvgIpc) is 3.38. The number of benzene rings is 1. The second-order valence-corrected chi connectivity index (χ2v) is 13.6. The number of thiazole rings is 1. The molecule has 1 aromatic carbocycles. The third-order valence-electron chi connectivity index (χ3n) is 7.49. The first-order valence-electron chi connectivity index (χ1n) is 13.9. The second-order valence-electron chi connectivity index (χ2n) is 11.9. The zero-order chi connectivity index (χ0) is 28.4. The van der Waals surface area contributed by atoms with Gasteiger partial charge in [0, 0.05) is 43.8 Å². The SMILES string of the molecule is CN1C[C@H](Nc2nc3sccn3c(=O)c2Br)C[C@H](c2ccc(OCC3CCN(C(=O)OC(C)(C)C)CC3)cc2)C1. The molecule has 40 heavy (non-hydrogen) atoms. The Hall–Kier alpha value is -2.63. The lowest BCUT2D eigenvalue weighted by atomic mass is 9.88. The van der Waals surface area contributed by atoms with E-state index in [4.69, 9.17) is 9.47 Å². The summed E-state index contributed by atoms with van der Waals surface area (Å²) in [7, 11) is 2.13. The summed E-state index contributed by atoms with van der Waals surface area (Å²) in [5, 5.41) is 5.40. The molecule has 9 nitrogen and oxygen atoms in total. The highest BCUT2D eigenvalue weighted by Gasteiger charge is 2.29. The van der Waals surface area contributed by atoms with Crippen LogP contribution in [0.25, 0.3) is 4.96 Å². The molecule has 5 rings (SSSR count). The lowest BCUT2D eigenvalue weighted by Crippen LogP contribution is -2.43. The number of rotatable bonds is 6. The number of halogens is 1. The number of hydrogen-bond acceptors (Lipinski definition) is 8. The Morgan fingerprint density at radius 3 is 2.60 bits per heavy atom. The van der Waals surface area contributed by atoms with E-state index >= 15 is 0 Å². The Labute approximate surface area is 247 Å². The van der Waals surface area contributed by atoms with Crippen molar-refractivity contribution in [1.82, 2.24) is 19.2 Å². The zero-order valence-corrected chi connectivity index (χ0v) is 26.0. The first-order valence-corrected chi connectivity index (χ1v) is 15.5. The van der Waals surface area contributed by atoms with Crippen molar-refractivity contribution in [2.24, 2.45) is 5.92 Å². The van der Waals surface area contributed by atoms with E-state index < -0.39 is 5.60 Å². The molecule has 3 aromatic rings. The van der Waals surface area contributed by atoms with Crippen LogP contribution < -0.4 is 15.6 Å². The quantitative estimate of drug-likeness (QED) is 0.387. The molecule has 2 aliphatic rings. The number of carbonyl (C=O) groups excluding carboxylic acids is 1. The van der Waals surface area contributed by atoms with E-state index in [9.17, 15) is 9.59 Å². The van der Waals surface area contributed by atoms with E-state index in [1.165, 1.54) is 16.9 Å². The number of anilines is 1. The molecule has 0 aliphatic carbocycles. The molecule has 2 aliphatic heterocycles. The van der Waals surface area contributed by atoms with E-state index in [0.717, 1.165) is 38.1 Å². The molecule has 2 atom stereocenters. The smallest absolute Gasteiger partial charge is 0.410 e. The van der Waals surface area contributed by atoms with Crippen LogP contribution in [0.2, 0.25) is 0 Å². The summed E-state index contributed by atoms with van der Waals surface area (Å²) in [5.74, 6) is 2.25. The van der Waals surface area contributed by atoms with Crippen LogP contribution in [0, 0.1) is 5.92 Å². The molecule has 0 unspecified atom stereocenters. The number of fused-ring (bicyclic) bond motifs is 1. The maximum Gasteiger partial charge on any atom is 0.410 e. The number of nitrogens with zero attached hydrogens (tertiary/aromatic N) is 4. The van der Waals surface area contributed by atoms with Crippen molar-refractivity contribution in [3.63, 3.8) is 0 Å². The molecule has 0 saturated carbocycles. The van der Waals surface area contributed by atoms with Gasteiger partial charge in [0.15, 0.2) is 4.96 Å². The number of likely N-dealkylation sites (tertiary alicyclic amines) is 2. The van der Waals surface area contributed by atoms with Crippen LogP contribution in [0.15, 0.2) is 45.1 Å². The lowest BCUT2D eigenvalue weighted by Gasteiger charge is -2.36. The predicted octanol–water partition coefficient (Wildman–Crippen LogP) is 5.44. The molecule has 2 aromatic heterocycles. The van der Waals surface area contributed by atoms with E-state index in [-0.39, 0.29) is 17.7 Å². The maximum absolute atomic E-state index is 12.7. The number of hydrogen-bond donors (Lipinski definition) is 1. The van der Waals surface area contributed by atoms with Crippen molar-refractivity contribution in [1.29, 1.82) is 0 Å². The fourth-order valence-electron chi connectivity index (χ4n) is 5.47. The molecule has 0 spiro atoms. The van der Waals surface area contributed by atoms with Gasteiger partial charge in [-0.2, -0.15) is 0 Å². The Morgan fingerprint density at radius 1 is 1.18 bits per heavy atom. The van der Waals surface area contributed by atoms with Crippen LogP contribution in [0.3, 0.4) is 0 Å². The van der Waals surface area contributed by atoms with Crippen LogP contribution in [0.1, 0.15) is 51.5 Å². The first kappa shape index (κ1) is 28.9. The van der Waals surface area contributed by atoms with Gasteiger partial charge in [-0.15, -0.1) is 11.3 Å². The summed E-state index contributed by atoms with van der Waals surface area (Å²) in [6.07, 6.45) is 4.29. The highest BCUT2D eigenvalue weighted by Crippen LogP contribution is 2.31. The minimum atomic E-state index is -0.470. The summed E-state index contributed by atoms with van der Waals surface area (Å²) in [5.41, 5.74) is 0.706. The third kappa shape index (κ3) is 6.98. The van der Waals surface area contributed by atoms with Crippen molar-refractivity contribution in [3.8, 4) is 5.75 Å². The number of carbonyl (C=O) groups is 1. The molecule has 216 valence electrons. The second kappa shape index (κ2) is 12.1. The third-order valence-corrected chi connectivity index (χ3v) is 8.96. The normalized spacial score (nSPS) is 21.0. The molecule has 2 fully saturated rings. The van der Waals surface area contributed by atoms with Gasteiger partial charge in [-0.3, -0.25) is 9.20 Å². The van der Waals surface area contributed by atoms with Crippen LogP contribution in [-0.4, -0.2) is 76.8 Å². The van der Waals surface area contributed by atoms with Crippen molar-refractivity contribution >= 4 is 44.1 Å². The predicted molar refractivity (Wildman–Crippen MR) is 162 cm³/mol. The van der Waals surface area contributed by atoms with Crippen molar-refractivity contribution in [3.05, 3.63) is 56.2 Å². The standard InChI is InChI=1S/C29H38BrN5O4S/c1-29(2,3)39-28(37)34-11-9-19(10-12-34)18-38-23-7-5-20(6-8-23)21-15-22(17-33(4)16-21)31-25-24(30)26(36)35-13-14-40-27(35)32-25/h5-8,13-14,19,21-22,31H,9-12,15-18H2,1-4H3/t21-,22+/m0/s1. The summed E-state index contributed by atoms with van der Waals surface area (Å²) < 4.78 is 13.7. The average molecular weight is 633 g/mol. The molecule has 1 N–H and O–H groups in total. The molecule has 4 heterocycles. The summed E-state index contributed by atoms with van der Waals surface area (Å²) in [6, 6.07) is 8.62. The molecule has 1 amide bonds. The van der Waals surface area contributed by atoms with Crippen molar-refractivity contribution in [2.75, 3.05) is 45.2 Å². The van der Waals surface area contributed by atoms with Gasteiger partial charge in [-0.25, -0.2) is 9.78 Å². The first-order chi connectivity index (χ1) is 19.1. The van der Waals surface area contributed by atoms with Crippen molar-refractivity contribution < 1.29 is 14.3 Å². The Balaban J connectivity index is 1.13. The van der Waals surface area contributed by atoms with Crippen LogP contribution in [0.5, 0.6) is 5.75 Å². The van der Waals surface area contributed by atoms with Gasteiger partial charge in [-0.1, -0.05) is 12.1 Å². The zero-order valence-electron chi connectivity index (χ0n) is 23.6. The summed E-state index contributed by atoms with van der Waals surface area (Å²) in [6.45, 7) is 9.58. The van der Waals surface area contributed by atoms with Gasteiger partial charge in [0.2, 0.25) is 0 Å². The number of amides is 1. The number of piperidine rings is 2. The number of ether oxygens (including phenoxy) is 2. The van der Waals surface area contributed by atoms with E-state index in [0.29, 0.717) is 46.8 Å². The Bertz CT molecular complexity index is 1380. The number of likely N-dealkylation sites (N-methyl/N-ethyl adjacent to an activating group) is 1. The number of nitrogens with one attached hydrogen (secondary N) is 1. The largest absolute Gasteiger partial charge is 0.493 e. The molecule has 0 bridgehead atoms. The van der Waals surface area contributed by atoms with Crippen molar-refractivity contribution in [2.45, 2.75) is 57.6 Å². The van der Waals surface area contributed by atoms with Crippen LogP contribution in [-0.2, 0) is 4.74 Å². The van der Waals surface area contributed by atoms with E-state index in [1.54, 1.807) is 15.5 Å². The topological polar surface area (TPSA) is 88.4 Å². The molecule has 11 heteroatoms. The summed E-state index contributed by atoms with van der Waals surface area (Å²) >= 11 is 4.90. The summed E-state index contributed by atoms with van der Waals surface area (Å²) in [4.78, 5) is 34.5. The van der Waals surface area contributed by atoms with Gasteiger partial charge in [0.25, 0.3) is 5.56 Å². The highest BCUT2D eigenvalue weighted by atomic mass is 79.9. The maximum atomic E-state index is 12.7. The van der Waals surface area contributed by atoms with Gasteiger partial charge in [0.1, 0.15) is 21.6 Å². The number of aromatic nitrogens is 2. The Morgan fingerprint density at radius 2 is 1.90 bits per heavy atom. The fourth-order valence-corrected chi connectivity index (χ4v) is 6.57. The van der Waals surface area contributed by atoms with Crippen LogP contribution in [0.4, 0.5) is 10.6 Å². The highest BCUT2D eigenvalue weighted by molar-refractivity contribution is 9.10. The molecular formula is C29H38BrN5O4S. The molecule has 0 radical (unpaired) electrons. The molecular weight excluding hydrogens is 594 g/mol. The van der Waals surface area contributed by atoms with Gasteiger partial charge in [0.05, 0.1) is 6.61 Å². The lowest BCUT2D eigenvalue weighted by molar-refractivity contribution is 0.0165. The van der Waals surface area contributed by atoms with Gasteiger partial charge < -0.3 is 24.6 Å². The van der Waals surface area contributed by atoms with E-state index in [2.05, 4.69) is 62.4 Å². The van der Waals surface area contributed by atoms with Gasteiger partial charge >= 0.3 is 6.09 Å². The minimum absolute atomic E-state index is 0.0985. The van der Waals surface area contributed by atoms with Crippen LogP contribution >= 0.6 is 27.3 Å². The Kier molecular flexibility index (Phi) is 8.72. The fraction of sp³-hybridized carbons (Fsp3) is 0.552. The monoisotopic (exact) mass is 631 g/mol. The molecule has 2 saturated heterocycles. The van der Waals surface area contributed by atoms with Gasteiger partial charge in [-0.05, 0) is 92.5 Å².